The van der Waals surface area contributed by atoms with Crippen LogP contribution >= 0.6 is 0 Å². The highest BCUT2D eigenvalue weighted by Crippen LogP contribution is 2.14. The molecule has 0 radical (unpaired) electrons. The van der Waals surface area contributed by atoms with Crippen molar-refractivity contribution in [1.82, 2.24) is 10.2 Å². The molecule has 0 bridgehead atoms. The lowest BCUT2D eigenvalue weighted by molar-refractivity contribution is -0.126. The zero-order chi connectivity index (χ0) is 12.7. The molecule has 1 aliphatic heterocycles. The number of unbranched alkanes of at least 4 members (excludes halogenated alkanes) is 5. The first-order valence-electron chi connectivity index (χ1n) is 6.76. The number of nitrogens with one attached hydrogen (secondary N) is 1. The van der Waals surface area contributed by atoms with Gasteiger partial charge in [0.05, 0.1) is 6.54 Å². The summed E-state index contributed by atoms with van der Waals surface area (Å²) in [5, 5.41) is 2.56. The fraction of sp³-hybridized carbons (Fsp3) is 0.846. The molecule has 0 aliphatic carbocycles. The number of nitrogens with zero attached hydrogens (tertiary/aromatic N) is 1. The van der Waals surface area contributed by atoms with Gasteiger partial charge in [-0.05, 0) is 13.3 Å². The maximum Gasteiger partial charge on any atom is 0.324 e. The molecule has 0 spiro atoms. The van der Waals surface area contributed by atoms with Crippen LogP contribution in [0.3, 0.4) is 0 Å². The van der Waals surface area contributed by atoms with Gasteiger partial charge >= 0.3 is 6.03 Å². The van der Waals surface area contributed by atoms with E-state index in [2.05, 4.69) is 12.2 Å². The third kappa shape index (κ3) is 4.36. The van der Waals surface area contributed by atoms with Crippen molar-refractivity contribution in [2.45, 2.75) is 64.8 Å². The summed E-state index contributed by atoms with van der Waals surface area (Å²) in [5.41, 5.74) is 0. The van der Waals surface area contributed by atoms with Crippen molar-refractivity contribution in [1.29, 1.82) is 0 Å². The van der Waals surface area contributed by atoms with Crippen molar-refractivity contribution >= 4 is 11.9 Å². The van der Waals surface area contributed by atoms with Gasteiger partial charge in [0.15, 0.2) is 0 Å². The monoisotopic (exact) mass is 240 g/mol. The van der Waals surface area contributed by atoms with E-state index in [1.165, 1.54) is 37.0 Å². The van der Waals surface area contributed by atoms with Gasteiger partial charge in [-0.15, -0.1) is 0 Å². The fourth-order valence-electron chi connectivity index (χ4n) is 2.23. The average molecular weight is 240 g/mol. The van der Waals surface area contributed by atoms with Crippen LogP contribution in [0.1, 0.15) is 58.8 Å². The first-order chi connectivity index (χ1) is 8.16. The molecule has 1 aliphatic rings. The molecule has 0 saturated carbocycles. The van der Waals surface area contributed by atoms with Crippen LogP contribution in [-0.2, 0) is 4.79 Å². The number of rotatable bonds is 8. The molecule has 1 atom stereocenters. The fourth-order valence-corrected chi connectivity index (χ4v) is 2.23. The minimum absolute atomic E-state index is 0.0381. The number of hydrogen-bond donors (Lipinski definition) is 1. The molecule has 0 aromatic rings. The summed E-state index contributed by atoms with van der Waals surface area (Å²) in [6.45, 7) is 4.33. The van der Waals surface area contributed by atoms with Crippen LogP contribution in [0.15, 0.2) is 0 Å². The molecule has 1 N–H and O–H groups in total. The molecule has 0 aromatic heterocycles. The molecular weight excluding hydrogens is 216 g/mol. The van der Waals surface area contributed by atoms with Gasteiger partial charge in [-0.25, -0.2) is 4.79 Å². The molecule has 4 nitrogen and oxygen atoms in total. The van der Waals surface area contributed by atoms with Gasteiger partial charge < -0.3 is 5.32 Å². The van der Waals surface area contributed by atoms with Gasteiger partial charge in [-0.3, -0.25) is 9.69 Å². The Balaban J connectivity index is 2.14. The lowest BCUT2D eigenvalue weighted by Gasteiger charge is -2.20. The van der Waals surface area contributed by atoms with Crippen molar-refractivity contribution in [3.63, 3.8) is 0 Å². The zero-order valence-corrected chi connectivity index (χ0v) is 11.0. The van der Waals surface area contributed by atoms with Crippen LogP contribution < -0.4 is 5.32 Å². The molecule has 3 amide bonds. The molecule has 1 rings (SSSR count). The number of carbonyl (C=O) groups is 2. The second kappa shape index (κ2) is 7.30. The molecule has 1 saturated heterocycles. The molecule has 98 valence electrons. The number of amides is 3. The molecule has 4 heteroatoms. The topological polar surface area (TPSA) is 49.4 Å². The van der Waals surface area contributed by atoms with Crippen molar-refractivity contribution in [3.05, 3.63) is 0 Å². The maximum absolute atomic E-state index is 11.4. The van der Waals surface area contributed by atoms with Crippen molar-refractivity contribution in [2.75, 3.05) is 6.54 Å². The van der Waals surface area contributed by atoms with Crippen LogP contribution in [-0.4, -0.2) is 29.4 Å². The number of imide groups is 1. The van der Waals surface area contributed by atoms with Crippen molar-refractivity contribution in [3.8, 4) is 0 Å². The standard InChI is InChI=1S/C13H24N2O2/c1-3-4-5-6-7-8-9-11(2)15-12(16)10-14-13(15)17/h11H,3-10H2,1-2H3,(H,14,17). The number of urea groups is 1. The maximum atomic E-state index is 11.4. The van der Waals surface area contributed by atoms with Gasteiger partial charge in [0, 0.05) is 6.04 Å². The molecule has 1 fully saturated rings. The first-order valence-corrected chi connectivity index (χ1v) is 6.76. The number of carbonyl (C=O) groups excluding carboxylic acids is 2. The largest absolute Gasteiger partial charge is 0.329 e. The molecule has 17 heavy (non-hydrogen) atoms. The molecule has 0 aromatic carbocycles. The lowest BCUT2D eigenvalue weighted by Crippen LogP contribution is -2.38. The summed E-state index contributed by atoms with van der Waals surface area (Å²) in [6, 6.07) is -0.190. The number of hydrogen-bond acceptors (Lipinski definition) is 2. The van der Waals surface area contributed by atoms with Crippen molar-refractivity contribution < 1.29 is 9.59 Å². The van der Waals surface area contributed by atoms with E-state index in [0.717, 1.165) is 12.8 Å². The van der Waals surface area contributed by atoms with Gasteiger partial charge in [0.2, 0.25) is 5.91 Å². The van der Waals surface area contributed by atoms with Crippen LogP contribution in [0.4, 0.5) is 4.79 Å². The summed E-state index contributed by atoms with van der Waals surface area (Å²) in [6.07, 6.45) is 8.36. The summed E-state index contributed by atoms with van der Waals surface area (Å²) in [4.78, 5) is 24.2. The molecule has 1 unspecified atom stereocenters. The minimum Gasteiger partial charge on any atom is -0.329 e. The second-order valence-electron chi connectivity index (χ2n) is 4.83. The summed E-state index contributed by atoms with van der Waals surface area (Å²) in [5.74, 6) is -0.0894. The summed E-state index contributed by atoms with van der Waals surface area (Å²) < 4.78 is 0. The minimum atomic E-state index is -0.228. The van der Waals surface area contributed by atoms with Gasteiger partial charge in [0.25, 0.3) is 0 Å². The Morgan fingerprint density at radius 1 is 1.18 bits per heavy atom. The third-order valence-corrected chi connectivity index (χ3v) is 3.29. The van der Waals surface area contributed by atoms with Gasteiger partial charge in [-0.2, -0.15) is 0 Å². The highest BCUT2D eigenvalue weighted by Gasteiger charge is 2.31. The Hall–Kier alpha value is -1.06. The van der Waals surface area contributed by atoms with Gasteiger partial charge in [-0.1, -0.05) is 45.4 Å². The third-order valence-electron chi connectivity index (χ3n) is 3.29. The Kier molecular flexibility index (Phi) is 6.01. The van der Waals surface area contributed by atoms with E-state index in [9.17, 15) is 9.59 Å². The first kappa shape index (κ1) is 14.0. The van der Waals surface area contributed by atoms with Crippen LogP contribution in [0.5, 0.6) is 0 Å². The van der Waals surface area contributed by atoms with Crippen molar-refractivity contribution in [2.24, 2.45) is 0 Å². The Bertz CT molecular complexity index is 250. The Morgan fingerprint density at radius 3 is 2.41 bits per heavy atom. The second-order valence-corrected chi connectivity index (χ2v) is 4.83. The smallest absolute Gasteiger partial charge is 0.324 e. The predicted molar refractivity (Wildman–Crippen MR) is 67.7 cm³/mol. The van der Waals surface area contributed by atoms with E-state index in [1.807, 2.05) is 6.92 Å². The van der Waals surface area contributed by atoms with E-state index < -0.39 is 0 Å². The summed E-state index contributed by atoms with van der Waals surface area (Å²) in [7, 11) is 0. The zero-order valence-electron chi connectivity index (χ0n) is 11.0. The van der Waals surface area contributed by atoms with E-state index >= 15 is 0 Å². The predicted octanol–water partition coefficient (Wildman–Crippen LogP) is 2.68. The van der Waals surface area contributed by atoms with E-state index in [1.54, 1.807) is 0 Å². The van der Waals surface area contributed by atoms with Crippen LogP contribution in [0, 0.1) is 0 Å². The van der Waals surface area contributed by atoms with Crippen LogP contribution in [0.2, 0.25) is 0 Å². The van der Waals surface area contributed by atoms with Gasteiger partial charge in [0.1, 0.15) is 0 Å². The Morgan fingerprint density at radius 2 is 1.82 bits per heavy atom. The van der Waals surface area contributed by atoms with E-state index in [0.29, 0.717) is 0 Å². The van der Waals surface area contributed by atoms with E-state index in [4.69, 9.17) is 0 Å². The normalized spacial score (nSPS) is 17.4. The SMILES string of the molecule is CCCCCCCCC(C)N1C(=O)CNC1=O. The molecule has 1 heterocycles. The van der Waals surface area contributed by atoms with E-state index in [-0.39, 0.29) is 24.5 Å². The highest BCUT2D eigenvalue weighted by molar-refractivity contribution is 6.02. The Labute approximate surface area is 104 Å². The lowest BCUT2D eigenvalue weighted by atomic mass is 10.1. The summed E-state index contributed by atoms with van der Waals surface area (Å²) >= 11 is 0. The average Bonchev–Trinajstić information content (AvgIpc) is 2.63. The van der Waals surface area contributed by atoms with Crippen LogP contribution in [0.25, 0.3) is 0 Å². The highest BCUT2D eigenvalue weighted by atomic mass is 16.2. The quantitative estimate of drug-likeness (QED) is 0.524. The molecular formula is C13H24N2O2.